The first kappa shape index (κ1) is 13.1. The molecule has 1 heterocycles. The van der Waals surface area contributed by atoms with Crippen molar-refractivity contribution in [3.8, 4) is 5.88 Å². The Morgan fingerprint density at radius 1 is 1.29 bits per heavy atom. The summed E-state index contributed by atoms with van der Waals surface area (Å²) in [6.07, 6.45) is 1.64. The first-order chi connectivity index (χ1) is 8.18. The van der Waals surface area contributed by atoms with Crippen molar-refractivity contribution in [2.24, 2.45) is 0 Å². The topological polar surface area (TPSA) is 22.1 Å². The summed E-state index contributed by atoms with van der Waals surface area (Å²) >= 11 is 11.5. The van der Waals surface area contributed by atoms with E-state index in [1.54, 1.807) is 6.20 Å². The van der Waals surface area contributed by atoms with Crippen molar-refractivity contribution < 1.29 is 4.74 Å². The Balaban J connectivity index is 2.13. The molecule has 0 aliphatic rings. The summed E-state index contributed by atoms with van der Waals surface area (Å²) in [4.78, 5) is 4.19. The molecule has 2 aromatic rings. The van der Waals surface area contributed by atoms with Gasteiger partial charge in [0.2, 0.25) is 5.88 Å². The van der Waals surface area contributed by atoms with Crippen molar-refractivity contribution in [2.75, 3.05) is 0 Å². The third-order valence-corrected chi connectivity index (χ3v) is 4.65. The minimum absolute atomic E-state index is 0.488. The average molecular weight is 424 g/mol. The van der Waals surface area contributed by atoms with E-state index >= 15 is 0 Å². The Morgan fingerprint density at radius 3 is 2.71 bits per heavy atom. The molecule has 0 aliphatic heterocycles. The van der Waals surface area contributed by atoms with Crippen LogP contribution in [-0.2, 0) is 6.61 Å². The maximum atomic E-state index is 6.09. The van der Waals surface area contributed by atoms with Gasteiger partial charge in [0.25, 0.3) is 0 Å². The molecule has 88 valence electrons. The van der Waals surface area contributed by atoms with Crippen LogP contribution in [-0.4, -0.2) is 4.98 Å². The number of hydrogen-bond donors (Lipinski definition) is 0. The van der Waals surface area contributed by atoms with Gasteiger partial charge in [0.1, 0.15) is 6.61 Å². The zero-order valence-corrected chi connectivity index (χ0v) is 13.2. The standard InChI is InChI=1S/C12H8BrClINO/c13-9-6-16-12(11(15)10(9)14)17-7-8-4-2-1-3-5-8/h1-6H,7H2. The third kappa shape index (κ3) is 3.33. The molecule has 0 aliphatic carbocycles. The second-order valence-electron chi connectivity index (χ2n) is 3.31. The Bertz CT molecular complexity index is 521. The molecule has 5 heteroatoms. The Labute approximate surface area is 127 Å². The molecule has 0 spiro atoms. The van der Waals surface area contributed by atoms with Gasteiger partial charge in [-0.1, -0.05) is 41.9 Å². The molecule has 0 amide bonds. The Hall–Kier alpha value is -0.330. The molecular weight excluding hydrogens is 416 g/mol. The SMILES string of the molecule is Clc1c(Br)cnc(OCc2ccccc2)c1I. The summed E-state index contributed by atoms with van der Waals surface area (Å²) in [5.41, 5.74) is 1.10. The van der Waals surface area contributed by atoms with E-state index in [0.717, 1.165) is 13.6 Å². The van der Waals surface area contributed by atoms with Gasteiger partial charge >= 0.3 is 0 Å². The number of halogens is 3. The molecule has 0 N–H and O–H groups in total. The Morgan fingerprint density at radius 2 is 2.00 bits per heavy atom. The van der Waals surface area contributed by atoms with Gasteiger partial charge in [-0.05, 0) is 44.1 Å². The van der Waals surface area contributed by atoms with Gasteiger partial charge in [-0.3, -0.25) is 0 Å². The normalized spacial score (nSPS) is 10.3. The van der Waals surface area contributed by atoms with Crippen LogP contribution in [0.5, 0.6) is 5.88 Å². The fourth-order valence-corrected chi connectivity index (χ4v) is 2.64. The average Bonchev–Trinajstić information content (AvgIpc) is 2.36. The third-order valence-electron chi connectivity index (χ3n) is 2.10. The van der Waals surface area contributed by atoms with E-state index in [1.807, 2.05) is 30.3 Å². The number of pyridine rings is 1. The van der Waals surface area contributed by atoms with Crippen LogP contribution in [0.3, 0.4) is 0 Å². The van der Waals surface area contributed by atoms with E-state index in [4.69, 9.17) is 16.3 Å². The molecule has 1 aromatic carbocycles. The highest BCUT2D eigenvalue weighted by atomic mass is 127. The van der Waals surface area contributed by atoms with Crippen molar-refractivity contribution in [3.63, 3.8) is 0 Å². The van der Waals surface area contributed by atoms with Gasteiger partial charge in [0.05, 0.1) is 13.1 Å². The molecule has 0 bridgehead atoms. The highest BCUT2D eigenvalue weighted by Gasteiger charge is 2.10. The van der Waals surface area contributed by atoms with Crippen LogP contribution in [0.1, 0.15) is 5.56 Å². The lowest BCUT2D eigenvalue weighted by atomic mass is 10.2. The molecule has 1 aromatic heterocycles. The van der Waals surface area contributed by atoms with Crippen molar-refractivity contribution >= 4 is 50.1 Å². The highest BCUT2D eigenvalue weighted by molar-refractivity contribution is 14.1. The largest absolute Gasteiger partial charge is 0.472 e. The van der Waals surface area contributed by atoms with E-state index in [9.17, 15) is 0 Å². The zero-order valence-electron chi connectivity index (χ0n) is 8.66. The van der Waals surface area contributed by atoms with Crippen LogP contribution < -0.4 is 4.74 Å². The molecule has 0 radical (unpaired) electrons. The lowest BCUT2D eigenvalue weighted by Gasteiger charge is -2.08. The van der Waals surface area contributed by atoms with Crippen molar-refractivity contribution in [2.45, 2.75) is 6.61 Å². The molecule has 2 rings (SSSR count). The summed E-state index contributed by atoms with van der Waals surface area (Å²) in [6, 6.07) is 9.94. The van der Waals surface area contributed by atoms with Crippen LogP contribution in [0.4, 0.5) is 0 Å². The molecule has 17 heavy (non-hydrogen) atoms. The predicted octanol–water partition coefficient (Wildman–Crippen LogP) is 4.68. The second kappa shape index (κ2) is 6.02. The van der Waals surface area contributed by atoms with Crippen molar-refractivity contribution in [1.29, 1.82) is 0 Å². The lowest BCUT2D eigenvalue weighted by Crippen LogP contribution is -1.99. The van der Waals surface area contributed by atoms with E-state index in [0.29, 0.717) is 17.5 Å². The molecular formula is C12H8BrClINO. The number of rotatable bonds is 3. The minimum atomic E-state index is 0.488. The van der Waals surface area contributed by atoms with Gasteiger partial charge in [-0.25, -0.2) is 4.98 Å². The number of hydrogen-bond acceptors (Lipinski definition) is 2. The second-order valence-corrected chi connectivity index (χ2v) is 5.62. The molecule has 0 saturated carbocycles. The van der Waals surface area contributed by atoms with Crippen molar-refractivity contribution in [3.05, 3.63) is 55.2 Å². The summed E-state index contributed by atoms with van der Waals surface area (Å²) < 4.78 is 7.22. The zero-order chi connectivity index (χ0) is 12.3. The predicted molar refractivity (Wildman–Crippen MR) is 80.4 cm³/mol. The van der Waals surface area contributed by atoms with Gasteiger partial charge in [-0.15, -0.1) is 0 Å². The van der Waals surface area contributed by atoms with Crippen LogP contribution in [0.25, 0.3) is 0 Å². The first-order valence-electron chi connectivity index (χ1n) is 4.84. The first-order valence-corrected chi connectivity index (χ1v) is 7.09. The summed E-state index contributed by atoms with van der Waals surface area (Å²) in [6.45, 7) is 0.488. The summed E-state index contributed by atoms with van der Waals surface area (Å²) in [5.74, 6) is 0.558. The van der Waals surface area contributed by atoms with Gasteiger partial charge < -0.3 is 4.74 Å². The van der Waals surface area contributed by atoms with Crippen LogP contribution >= 0.6 is 50.1 Å². The van der Waals surface area contributed by atoms with E-state index in [2.05, 4.69) is 43.5 Å². The smallest absolute Gasteiger partial charge is 0.229 e. The maximum absolute atomic E-state index is 6.09. The van der Waals surface area contributed by atoms with Gasteiger partial charge in [0, 0.05) is 6.20 Å². The number of ether oxygens (including phenoxy) is 1. The fraction of sp³-hybridized carbons (Fsp3) is 0.0833. The monoisotopic (exact) mass is 423 g/mol. The highest BCUT2D eigenvalue weighted by Crippen LogP contribution is 2.32. The quantitative estimate of drug-likeness (QED) is 0.668. The number of aromatic nitrogens is 1. The van der Waals surface area contributed by atoms with Gasteiger partial charge in [0.15, 0.2) is 0 Å². The molecule has 0 saturated heterocycles. The molecule has 0 atom stereocenters. The van der Waals surface area contributed by atoms with E-state index in [-0.39, 0.29) is 0 Å². The lowest BCUT2D eigenvalue weighted by molar-refractivity contribution is 0.291. The van der Waals surface area contributed by atoms with Crippen molar-refractivity contribution in [1.82, 2.24) is 4.98 Å². The maximum Gasteiger partial charge on any atom is 0.229 e. The number of nitrogens with zero attached hydrogens (tertiary/aromatic N) is 1. The molecule has 0 fully saturated rings. The number of benzene rings is 1. The molecule has 2 nitrogen and oxygen atoms in total. The van der Waals surface area contributed by atoms with E-state index in [1.165, 1.54) is 0 Å². The van der Waals surface area contributed by atoms with E-state index < -0.39 is 0 Å². The molecule has 0 unspecified atom stereocenters. The van der Waals surface area contributed by atoms with Crippen LogP contribution in [0, 0.1) is 3.57 Å². The Kier molecular flexibility index (Phi) is 4.64. The fourth-order valence-electron chi connectivity index (χ4n) is 1.25. The summed E-state index contributed by atoms with van der Waals surface area (Å²) in [5, 5.41) is 0.628. The van der Waals surface area contributed by atoms with Crippen LogP contribution in [0.15, 0.2) is 41.0 Å². The minimum Gasteiger partial charge on any atom is -0.472 e. The van der Waals surface area contributed by atoms with Gasteiger partial charge in [-0.2, -0.15) is 0 Å². The summed E-state index contributed by atoms with van der Waals surface area (Å²) in [7, 11) is 0. The van der Waals surface area contributed by atoms with Crippen LogP contribution in [0.2, 0.25) is 5.02 Å².